The molecule has 2 aliphatic rings. The molecule has 4 N–H and O–H groups in total. The molecule has 0 amide bonds. The van der Waals surface area contributed by atoms with E-state index in [1.54, 1.807) is 0 Å². The van der Waals surface area contributed by atoms with Crippen LogP contribution in [0.2, 0.25) is 0 Å². The van der Waals surface area contributed by atoms with Crippen LogP contribution in [0.25, 0.3) is 33.4 Å². The smallest absolute Gasteiger partial charge is 0.295 e. The van der Waals surface area contributed by atoms with Crippen LogP contribution in [-0.4, -0.2) is 77.0 Å². The highest BCUT2D eigenvalue weighted by Crippen LogP contribution is 2.43. The fraction of sp³-hybridized carbons (Fsp3) is 0.367. The van der Waals surface area contributed by atoms with Crippen molar-refractivity contribution in [3.05, 3.63) is 60.0 Å². The van der Waals surface area contributed by atoms with Crippen molar-refractivity contribution in [2.24, 2.45) is 0 Å². The lowest BCUT2D eigenvalue weighted by Gasteiger charge is -2.23. The quantitative estimate of drug-likeness (QED) is 0.105. The van der Waals surface area contributed by atoms with Gasteiger partial charge in [-0.05, 0) is 58.0 Å². The van der Waals surface area contributed by atoms with Crippen LogP contribution in [0.5, 0.6) is 0 Å². The largest absolute Gasteiger partial charge is 0.456 e. The number of hydrogen-bond acceptors (Lipinski definition) is 8. The molecule has 0 saturated carbocycles. The summed E-state index contributed by atoms with van der Waals surface area (Å²) < 4.78 is 72.6. The zero-order valence-corrected chi connectivity index (χ0v) is 26.2. The summed E-state index contributed by atoms with van der Waals surface area (Å²) in [5, 5.41) is 20.2. The van der Waals surface area contributed by atoms with Crippen LogP contribution < -0.4 is 19.6 Å². The van der Waals surface area contributed by atoms with Gasteiger partial charge in [0.25, 0.3) is 10.1 Å². The van der Waals surface area contributed by atoms with Crippen molar-refractivity contribution in [3.63, 3.8) is 0 Å². The van der Waals surface area contributed by atoms with Crippen LogP contribution in [-0.2, 0) is 20.1 Å². The van der Waals surface area contributed by atoms with Crippen LogP contribution in [0.4, 0.5) is 5.69 Å². The molecule has 0 aromatic heterocycles. The molecule has 1 heterocycles. The molecule has 13 heteroatoms. The van der Waals surface area contributed by atoms with Crippen molar-refractivity contribution >= 4 is 36.8 Å². The van der Waals surface area contributed by atoms with Gasteiger partial charge in [-0.25, -0.2) is 17.7 Å². The number of benzene rings is 3. The van der Waals surface area contributed by atoms with E-state index in [1.165, 1.54) is 12.1 Å². The summed E-state index contributed by atoms with van der Waals surface area (Å²) in [6.45, 7) is 9.87. The molecular formula is C30H38N3O8S2+. The molecule has 0 atom stereocenters. The molecule has 0 bridgehead atoms. The second-order valence-corrected chi connectivity index (χ2v) is 13.1. The maximum atomic E-state index is 13.0. The summed E-state index contributed by atoms with van der Waals surface area (Å²) in [7, 11) is -9.31. The highest BCUT2D eigenvalue weighted by atomic mass is 32.2. The van der Waals surface area contributed by atoms with E-state index >= 15 is 0 Å². The summed E-state index contributed by atoms with van der Waals surface area (Å²) >= 11 is 0. The Labute approximate surface area is 251 Å². The monoisotopic (exact) mass is 632 g/mol. The third kappa shape index (κ3) is 6.61. The Balaban J connectivity index is 2.10. The van der Waals surface area contributed by atoms with Gasteiger partial charge < -0.3 is 19.5 Å². The topological polar surface area (TPSA) is 160 Å². The second-order valence-electron chi connectivity index (χ2n) is 10.00. The minimum atomic E-state index is -4.94. The molecule has 0 saturated heterocycles. The van der Waals surface area contributed by atoms with Crippen molar-refractivity contribution < 1.29 is 36.0 Å². The van der Waals surface area contributed by atoms with Crippen LogP contribution in [0.15, 0.2) is 68.8 Å². The number of anilines is 1. The fourth-order valence-electron chi connectivity index (χ4n) is 5.24. The van der Waals surface area contributed by atoms with Gasteiger partial charge in [0.2, 0.25) is 15.4 Å². The number of nitrogens with zero attached hydrogens (tertiary/aromatic N) is 2. The predicted octanol–water partition coefficient (Wildman–Crippen LogP) is 2.74. The molecule has 2 aromatic carbocycles. The third-order valence-corrected chi connectivity index (χ3v) is 9.93. The number of aliphatic hydroxyl groups excluding tert-OH is 2. The predicted molar refractivity (Wildman–Crippen MR) is 166 cm³/mol. The molecule has 4 rings (SSSR count). The van der Waals surface area contributed by atoms with E-state index in [1.807, 2.05) is 64.1 Å². The van der Waals surface area contributed by atoms with E-state index < -0.39 is 49.2 Å². The lowest BCUT2D eigenvalue weighted by atomic mass is 9.93. The van der Waals surface area contributed by atoms with Gasteiger partial charge in [0.05, 0.1) is 30.2 Å². The molecule has 0 unspecified atom stereocenters. The van der Waals surface area contributed by atoms with Gasteiger partial charge >= 0.3 is 0 Å². The molecule has 1 aliphatic heterocycles. The number of nitrogens with one attached hydrogen (secondary N) is 1. The molecule has 0 spiro atoms. The molecule has 11 nitrogen and oxygen atoms in total. The van der Waals surface area contributed by atoms with E-state index in [4.69, 9.17) is 4.42 Å². The standard InChI is InChI=1S/C30H37N3O8S2/c1-5-32(6-2)21-9-12-24-27(15-21)41-28-16-22(33(7-3)8-4)10-13-25(28)30(24)26-14-11-23(17-29(26)43(38,39)40)42(36,37)31-20(18-34)19-35/h9-17,20,31,34-35H,5-8,18-19H2,1-4H3/p+1. The average Bonchev–Trinajstić information content (AvgIpc) is 2.99. The van der Waals surface area contributed by atoms with Gasteiger partial charge in [-0.3, -0.25) is 4.55 Å². The zero-order valence-electron chi connectivity index (χ0n) is 24.6. The summed E-state index contributed by atoms with van der Waals surface area (Å²) in [4.78, 5) is 1.07. The van der Waals surface area contributed by atoms with Crippen LogP contribution in [0.1, 0.15) is 27.7 Å². The number of aliphatic hydroxyl groups is 2. The van der Waals surface area contributed by atoms with Crippen molar-refractivity contribution in [3.8, 4) is 22.5 Å². The summed E-state index contributed by atoms with van der Waals surface area (Å²) in [5.41, 5.74) is 2.49. The van der Waals surface area contributed by atoms with E-state index in [2.05, 4.69) is 14.2 Å². The van der Waals surface area contributed by atoms with Gasteiger partial charge in [-0.2, -0.15) is 8.42 Å². The number of sulfonamides is 1. The van der Waals surface area contributed by atoms with Gasteiger partial charge in [0, 0.05) is 53.0 Å². The van der Waals surface area contributed by atoms with Crippen molar-refractivity contribution in [2.45, 2.75) is 43.5 Å². The Hall–Kier alpha value is -3.33. The van der Waals surface area contributed by atoms with E-state index in [-0.39, 0.29) is 5.56 Å². The first kappa shape index (κ1) is 32.6. The van der Waals surface area contributed by atoms with Gasteiger partial charge in [-0.1, -0.05) is 6.07 Å². The molecule has 1 aliphatic carbocycles. The van der Waals surface area contributed by atoms with Crippen molar-refractivity contribution in [1.82, 2.24) is 9.30 Å². The fourth-order valence-corrected chi connectivity index (χ4v) is 7.28. The molecule has 0 fully saturated rings. The Morgan fingerprint density at radius 3 is 2.09 bits per heavy atom. The molecular weight excluding hydrogens is 594 g/mol. The van der Waals surface area contributed by atoms with Crippen LogP contribution >= 0.6 is 0 Å². The highest BCUT2D eigenvalue weighted by molar-refractivity contribution is 7.89. The summed E-state index contributed by atoms with van der Waals surface area (Å²) in [6, 6.07) is 13.5. The van der Waals surface area contributed by atoms with Gasteiger partial charge in [0.1, 0.15) is 29.3 Å². The molecule has 2 aromatic rings. The third-order valence-electron chi connectivity index (χ3n) is 7.52. The lowest BCUT2D eigenvalue weighted by Crippen LogP contribution is -2.40. The Morgan fingerprint density at radius 2 is 1.51 bits per heavy atom. The second kappa shape index (κ2) is 13.1. The van der Waals surface area contributed by atoms with Crippen molar-refractivity contribution in [1.29, 1.82) is 0 Å². The first-order chi connectivity index (χ1) is 20.4. The lowest BCUT2D eigenvalue weighted by molar-refractivity contribution is 0.185. The molecule has 43 heavy (non-hydrogen) atoms. The SMILES string of the molecule is CCN(CC)c1ccc2c(-c3ccc(S(=O)(=O)NC(CO)CO)cc3S(=O)(=O)O)c3ccc(=[N+](CC)CC)cc-3oc2c1. The minimum absolute atomic E-state index is 0.0827. The van der Waals surface area contributed by atoms with E-state index in [9.17, 15) is 31.6 Å². The number of rotatable bonds is 12. The Bertz CT molecular complexity index is 1870. The highest BCUT2D eigenvalue weighted by Gasteiger charge is 2.28. The first-order valence-electron chi connectivity index (χ1n) is 14.1. The average molecular weight is 633 g/mol. The van der Waals surface area contributed by atoms with Crippen LogP contribution in [0.3, 0.4) is 0 Å². The normalized spacial score (nSPS) is 12.4. The molecule has 0 radical (unpaired) electrons. The van der Waals surface area contributed by atoms with Gasteiger partial charge in [0.15, 0.2) is 0 Å². The van der Waals surface area contributed by atoms with Gasteiger partial charge in [-0.15, -0.1) is 0 Å². The Kier molecular flexibility index (Phi) is 9.94. The first-order valence-corrected chi connectivity index (χ1v) is 17.0. The zero-order chi connectivity index (χ0) is 31.5. The van der Waals surface area contributed by atoms with E-state index in [0.717, 1.165) is 43.3 Å². The van der Waals surface area contributed by atoms with Crippen LogP contribution in [0, 0.1) is 0 Å². The summed E-state index contributed by atoms with van der Waals surface area (Å²) in [5.74, 6) is 0.483. The number of fused-ring (bicyclic) bond motifs is 2. The van der Waals surface area contributed by atoms with Crippen molar-refractivity contribution in [2.75, 3.05) is 44.3 Å². The van der Waals surface area contributed by atoms with E-state index in [0.29, 0.717) is 27.9 Å². The maximum absolute atomic E-state index is 13.0. The summed E-state index contributed by atoms with van der Waals surface area (Å²) in [6.07, 6.45) is 0. The Morgan fingerprint density at radius 1 is 0.860 bits per heavy atom. The molecule has 232 valence electrons. The number of hydrogen-bond donors (Lipinski definition) is 4. The minimum Gasteiger partial charge on any atom is -0.456 e. The maximum Gasteiger partial charge on any atom is 0.295 e.